The number of hydrogen-bond donors (Lipinski definition) is 1. The second-order valence-corrected chi connectivity index (χ2v) is 7.81. The molecule has 9 heteroatoms. The minimum absolute atomic E-state index is 0.0798. The minimum atomic E-state index is -3.19. The number of nitrogens with one attached hydrogen (secondary N) is 1. The first-order valence-electron chi connectivity index (χ1n) is 6.49. The van der Waals surface area contributed by atoms with E-state index in [4.69, 9.17) is 4.42 Å². The Bertz CT molecular complexity index is 563. The number of thioether (sulfide) groups is 1. The van der Waals surface area contributed by atoms with Crippen molar-refractivity contribution in [1.82, 2.24) is 9.62 Å². The predicted molar refractivity (Wildman–Crippen MR) is 77.7 cm³/mol. The number of nitrogens with zero attached hydrogens (tertiary/aromatic N) is 1. The van der Waals surface area contributed by atoms with Crippen LogP contribution in [0, 0.1) is 0 Å². The Labute approximate surface area is 127 Å². The topological polar surface area (TPSA) is 62.6 Å². The molecule has 0 spiro atoms. The largest absolute Gasteiger partial charge is 0.464 e. The van der Waals surface area contributed by atoms with Crippen LogP contribution >= 0.6 is 11.8 Å². The van der Waals surface area contributed by atoms with Crippen molar-refractivity contribution in [3.63, 3.8) is 0 Å². The predicted octanol–water partition coefficient (Wildman–Crippen LogP) is 1.86. The van der Waals surface area contributed by atoms with Crippen LogP contribution < -0.4 is 4.72 Å². The highest BCUT2D eigenvalue weighted by Gasteiger charge is 2.25. The molecule has 2 heterocycles. The first-order chi connectivity index (χ1) is 9.82. The Morgan fingerprint density at radius 3 is 2.86 bits per heavy atom. The third-order valence-electron chi connectivity index (χ3n) is 3.10. The van der Waals surface area contributed by atoms with Crippen molar-refractivity contribution in [2.75, 3.05) is 19.3 Å². The summed E-state index contributed by atoms with van der Waals surface area (Å²) in [5, 5.41) is 0. The molecule has 0 bridgehead atoms. The van der Waals surface area contributed by atoms with E-state index in [1.165, 1.54) is 0 Å². The number of likely N-dealkylation sites (tertiary alicyclic amines) is 1. The van der Waals surface area contributed by atoms with Gasteiger partial charge in [0.15, 0.2) is 0 Å². The van der Waals surface area contributed by atoms with Crippen molar-refractivity contribution in [3.8, 4) is 0 Å². The highest BCUT2D eigenvalue weighted by Crippen LogP contribution is 2.22. The summed E-state index contributed by atoms with van der Waals surface area (Å²) in [6.45, 7) is 1.95. The molecule has 1 N–H and O–H groups in total. The fraction of sp³-hybridized carbons (Fsp3) is 0.667. The molecule has 1 aromatic heterocycles. The molecule has 2 rings (SSSR count). The lowest BCUT2D eigenvalue weighted by Crippen LogP contribution is -2.36. The maximum atomic E-state index is 12.1. The summed E-state index contributed by atoms with van der Waals surface area (Å²) in [6.07, 6.45) is 1.90. The first kappa shape index (κ1) is 16.7. The molecule has 1 aliphatic heterocycles. The number of rotatable bonds is 7. The molecule has 0 aromatic carbocycles. The van der Waals surface area contributed by atoms with Gasteiger partial charge in [-0.25, -0.2) is 13.1 Å². The Morgan fingerprint density at radius 1 is 1.48 bits per heavy atom. The minimum Gasteiger partial charge on any atom is -0.464 e. The summed E-state index contributed by atoms with van der Waals surface area (Å²) in [6, 6.07) is 3.40. The SMILES string of the molecule is CS(=O)(=O)NC1CCN(Cc2ccc(CSC(F)F)o2)C1. The standard InChI is InChI=1S/C12H18F2N2O3S2/c1-21(17,18)15-9-4-5-16(6-9)7-10-2-3-11(19-10)8-20-12(13)14/h2-3,9,12,15H,4-8H2,1H3. The van der Waals surface area contributed by atoms with Crippen molar-refractivity contribution >= 4 is 21.8 Å². The van der Waals surface area contributed by atoms with E-state index in [1.54, 1.807) is 12.1 Å². The smallest absolute Gasteiger partial charge is 0.284 e. The van der Waals surface area contributed by atoms with Crippen molar-refractivity contribution in [2.24, 2.45) is 0 Å². The van der Waals surface area contributed by atoms with Crippen molar-refractivity contribution in [3.05, 3.63) is 23.7 Å². The molecule has 0 saturated carbocycles. The summed E-state index contributed by atoms with van der Waals surface area (Å²) < 4.78 is 54.6. The normalized spacial score (nSPS) is 20.5. The number of hydrogen-bond acceptors (Lipinski definition) is 5. The van der Waals surface area contributed by atoms with Gasteiger partial charge in [-0.1, -0.05) is 11.8 Å². The fourth-order valence-electron chi connectivity index (χ4n) is 2.33. The van der Waals surface area contributed by atoms with Crippen LogP contribution in [0.2, 0.25) is 0 Å². The molecule has 1 saturated heterocycles. The van der Waals surface area contributed by atoms with Gasteiger partial charge < -0.3 is 4.42 Å². The number of alkyl halides is 2. The quantitative estimate of drug-likeness (QED) is 0.821. The van der Waals surface area contributed by atoms with Crippen LogP contribution in [-0.4, -0.2) is 44.5 Å². The zero-order valence-corrected chi connectivity index (χ0v) is 13.2. The van der Waals surface area contributed by atoms with E-state index < -0.39 is 15.8 Å². The zero-order chi connectivity index (χ0) is 15.5. The maximum Gasteiger partial charge on any atom is 0.284 e. The van der Waals surface area contributed by atoms with Crippen LogP contribution in [-0.2, 0) is 22.3 Å². The lowest BCUT2D eigenvalue weighted by molar-refractivity contribution is 0.251. The van der Waals surface area contributed by atoms with Gasteiger partial charge in [-0.2, -0.15) is 8.78 Å². The zero-order valence-electron chi connectivity index (χ0n) is 11.6. The van der Waals surface area contributed by atoms with E-state index >= 15 is 0 Å². The van der Waals surface area contributed by atoms with Gasteiger partial charge in [-0.3, -0.25) is 4.90 Å². The second-order valence-electron chi connectivity index (χ2n) is 5.05. The van der Waals surface area contributed by atoms with Gasteiger partial charge in [0.25, 0.3) is 5.76 Å². The average Bonchev–Trinajstić information content (AvgIpc) is 2.95. The highest BCUT2D eigenvalue weighted by molar-refractivity contribution is 7.98. The van der Waals surface area contributed by atoms with E-state index in [2.05, 4.69) is 9.62 Å². The van der Waals surface area contributed by atoms with E-state index in [0.29, 0.717) is 36.4 Å². The van der Waals surface area contributed by atoms with Crippen LogP contribution in [0.4, 0.5) is 8.78 Å². The Kier molecular flexibility index (Phi) is 5.64. The molecule has 5 nitrogen and oxygen atoms in total. The van der Waals surface area contributed by atoms with E-state index in [9.17, 15) is 17.2 Å². The maximum absolute atomic E-state index is 12.1. The molecule has 1 aliphatic rings. The molecule has 0 aliphatic carbocycles. The molecule has 1 aromatic rings. The summed E-state index contributed by atoms with van der Waals surface area (Å²) in [5.41, 5.74) is 0. The number of sulfonamides is 1. The Hall–Kier alpha value is -0.640. The van der Waals surface area contributed by atoms with E-state index in [-0.39, 0.29) is 11.8 Å². The second kappa shape index (κ2) is 7.08. The summed E-state index contributed by atoms with van der Waals surface area (Å²) in [5.74, 6) is -1.02. The molecular weight excluding hydrogens is 322 g/mol. The number of furan rings is 1. The van der Waals surface area contributed by atoms with Crippen LogP contribution in [0.15, 0.2) is 16.5 Å². The molecule has 1 unspecified atom stereocenters. The first-order valence-corrected chi connectivity index (χ1v) is 9.43. The van der Waals surface area contributed by atoms with Gasteiger partial charge >= 0.3 is 0 Å². The highest BCUT2D eigenvalue weighted by atomic mass is 32.2. The molecular formula is C12H18F2N2O3S2. The van der Waals surface area contributed by atoms with Crippen molar-refractivity contribution < 1.29 is 21.6 Å². The summed E-state index contributed by atoms with van der Waals surface area (Å²) >= 11 is 0.530. The third kappa shape index (κ3) is 5.93. The lowest BCUT2D eigenvalue weighted by Gasteiger charge is -2.14. The number of halogens is 2. The van der Waals surface area contributed by atoms with Gasteiger partial charge in [0, 0.05) is 19.1 Å². The van der Waals surface area contributed by atoms with Gasteiger partial charge in [-0.15, -0.1) is 0 Å². The molecule has 120 valence electrons. The Balaban J connectivity index is 1.80. The Morgan fingerprint density at radius 2 is 2.19 bits per heavy atom. The average molecular weight is 340 g/mol. The molecule has 1 atom stereocenters. The monoisotopic (exact) mass is 340 g/mol. The van der Waals surface area contributed by atoms with Gasteiger partial charge in [-0.05, 0) is 18.6 Å². The van der Waals surface area contributed by atoms with Crippen molar-refractivity contribution in [2.45, 2.75) is 30.5 Å². The van der Waals surface area contributed by atoms with E-state index in [0.717, 1.165) is 19.2 Å². The molecule has 1 fully saturated rings. The molecule has 0 radical (unpaired) electrons. The van der Waals surface area contributed by atoms with Crippen LogP contribution in [0.5, 0.6) is 0 Å². The van der Waals surface area contributed by atoms with Gasteiger partial charge in [0.05, 0.1) is 18.6 Å². The van der Waals surface area contributed by atoms with Crippen LogP contribution in [0.25, 0.3) is 0 Å². The van der Waals surface area contributed by atoms with Crippen molar-refractivity contribution in [1.29, 1.82) is 0 Å². The summed E-state index contributed by atoms with van der Waals surface area (Å²) in [4.78, 5) is 2.08. The van der Waals surface area contributed by atoms with Gasteiger partial charge in [0.2, 0.25) is 10.0 Å². The fourth-order valence-corrected chi connectivity index (χ4v) is 3.57. The van der Waals surface area contributed by atoms with E-state index in [1.807, 2.05) is 0 Å². The lowest BCUT2D eigenvalue weighted by atomic mass is 10.3. The molecule has 21 heavy (non-hydrogen) atoms. The summed E-state index contributed by atoms with van der Waals surface area (Å²) in [7, 11) is -3.19. The van der Waals surface area contributed by atoms with Crippen LogP contribution in [0.3, 0.4) is 0 Å². The van der Waals surface area contributed by atoms with Crippen LogP contribution in [0.1, 0.15) is 17.9 Å². The van der Waals surface area contributed by atoms with Gasteiger partial charge in [0.1, 0.15) is 11.5 Å². The molecule has 0 amide bonds. The third-order valence-corrected chi connectivity index (χ3v) is 4.57.